The third-order valence-electron chi connectivity index (χ3n) is 1.84. The SMILES string of the molecule is NCCNS(=O)(=O)c1cc(Br)ccc1[N+](=O)[O-]. The predicted molar refractivity (Wildman–Crippen MR) is 65.0 cm³/mol. The van der Waals surface area contributed by atoms with E-state index in [4.69, 9.17) is 5.73 Å². The van der Waals surface area contributed by atoms with Gasteiger partial charge in [-0.2, -0.15) is 0 Å². The fourth-order valence-electron chi connectivity index (χ4n) is 1.13. The number of nitrogens with zero attached hydrogens (tertiary/aromatic N) is 1. The van der Waals surface area contributed by atoms with E-state index >= 15 is 0 Å². The van der Waals surface area contributed by atoms with Gasteiger partial charge in [0.15, 0.2) is 4.90 Å². The lowest BCUT2D eigenvalue weighted by Crippen LogP contribution is -2.29. The largest absolute Gasteiger partial charge is 0.329 e. The van der Waals surface area contributed by atoms with Crippen LogP contribution in [0.3, 0.4) is 0 Å². The van der Waals surface area contributed by atoms with Crippen molar-refractivity contribution in [3.8, 4) is 0 Å². The molecule has 1 rings (SSSR count). The van der Waals surface area contributed by atoms with E-state index < -0.39 is 20.6 Å². The van der Waals surface area contributed by atoms with E-state index in [-0.39, 0.29) is 18.0 Å². The molecule has 94 valence electrons. The lowest BCUT2D eigenvalue weighted by Gasteiger charge is -2.06. The summed E-state index contributed by atoms with van der Waals surface area (Å²) in [5.41, 5.74) is 4.70. The van der Waals surface area contributed by atoms with Crippen molar-refractivity contribution in [2.24, 2.45) is 5.73 Å². The molecule has 0 spiro atoms. The van der Waals surface area contributed by atoms with E-state index in [2.05, 4.69) is 20.7 Å². The number of rotatable bonds is 5. The van der Waals surface area contributed by atoms with Crippen LogP contribution in [-0.4, -0.2) is 26.4 Å². The molecule has 0 atom stereocenters. The van der Waals surface area contributed by atoms with Gasteiger partial charge in [0.2, 0.25) is 10.0 Å². The molecule has 17 heavy (non-hydrogen) atoms. The topological polar surface area (TPSA) is 115 Å². The van der Waals surface area contributed by atoms with Gasteiger partial charge in [-0.15, -0.1) is 0 Å². The van der Waals surface area contributed by atoms with Crippen LogP contribution in [0, 0.1) is 10.1 Å². The Labute approximate surface area is 106 Å². The van der Waals surface area contributed by atoms with E-state index in [1.165, 1.54) is 12.1 Å². The van der Waals surface area contributed by atoms with Gasteiger partial charge in [-0.3, -0.25) is 10.1 Å². The van der Waals surface area contributed by atoms with E-state index in [1.54, 1.807) is 0 Å². The van der Waals surface area contributed by atoms with Crippen molar-refractivity contribution in [2.75, 3.05) is 13.1 Å². The maximum atomic E-state index is 11.8. The maximum Gasteiger partial charge on any atom is 0.289 e. The van der Waals surface area contributed by atoms with Crippen molar-refractivity contribution in [3.05, 3.63) is 32.8 Å². The second-order valence-electron chi connectivity index (χ2n) is 3.06. The molecule has 0 bridgehead atoms. The number of nitrogens with one attached hydrogen (secondary N) is 1. The minimum Gasteiger partial charge on any atom is -0.329 e. The summed E-state index contributed by atoms with van der Waals surface area (Å²) in [6.07, 6.45) is 0. The second-order valence-corrected chi connectivity index (χ2v) is 5.71. The molecule has 0 saturated carbocycles. The zero-order valence-electron chi connectivity index (χ0n) is 8.59. The summed E-state index contributed by atoms with van der Waals surface area (Å²) in [4.78, 5) is 9.60. The first kappa shape index (κ1) is 14.0. The van der Waals surface area contributed by atoms with E-state index in [9.17, 15) is 18.5 Å². The average Bonchev–Trinajstić information content (AvgIpc) is 2.26. The van der Waals surface area contributed by atoms with Gasteiger partial charge in [0, 0.05) is 23.6 Å². The molecule has 0 fully saturated rings. The highest BCUT2D eigenvalue weighted by atomic mass is 79.9. The van der Waals surface area contributed by atoms with Crippen molar-refractivity contribution < 1.29 is 13.3 Å². The number of halogens is 1. The molecule has 3 N–H and O–H groups in total. The molecule has 0 aromatic heterocycles. The van der Waals surface area contributed by atoms with Crippen LogP contribution < -0.4 is 10.5 Å². The molecule has 9 heteroatoms. The van der Waals surface area contributed by atoms with Gasteiger partial charge >= 0.3 is 0 Å². The van der Waals surface area contributed by atoms with Gasteiger partial charge in [-0.05, 0) is 12.1 Å². The first-order chi connectivity index (χ1) is 7.88. The monoisotopic (exact) mass is 323 g/mol. The average molecular weight is 324 g/mol. The van der Waals surface area contributed by atoms with Gasteiger partial charge in [-0.1, -0.05) is 15.9 Å². The molecule has 0 radical (unpaired) electrons. The van der Waals surface area contributed by atoms with Gasteiger partial charge in [0.05, 0.1) is 4.92 Å². The number of nitro benzene ring substituents is 1. The molecule has 0 amide bonds. The Hall–Kier alpha value is -1.03. The van der Waals surface area contributed by atoms with Crippen LogP contribution in [0.5, 0.6) is 0 Å². The second kappa shape index (κ2) is 5.54. The Balaban J connectivity index is 3.28. The number of sulfonamides is 1. The molecule has 1 aromatic carbocycles. The molecule has 0 aliphatic heterocycles. The highest BCUT2D eigenvalue weighted by Gasteiger charge is 2.25. The smallest absolute Gasteiger partial charge is 0.289 e. The summed E-state index contributed by atoms with van der Waals surface area (Å²) in [5, 5.41) is 10.7. The molecular formula is C8H10BrN3O4S. The fraction of sp³-hybridized carbons (Fsp3) is 0.250. The fourth-order valence-corrected chi connectivity index (χ4v) is 2.88. The third kappa shape index (κ3) is 3.46. The Bertz CT molecular complexity index is 532. The minimum atomic E-state index is -3.92. The van der Waals surface area contributed by atoms with Crippen LogP contribution >= 0.6 is 15.9 Å². The van der Waals surface area contributed by atoms with E-state index in [1.807, 2.05) is 0 Å². The normalized spacial score (nSPS) is 11.4. The standard InChI is InChI=1S/C8H10BrN3O4S/c9-6-1-2-7(12(13)14)8(5-6)17(15,16)11-4-3-10/h1-2,5,11H,3-4,10H2. The third-order valence-corrected chi connectivity index (χ3v) is 3.83. The van der Waals surface area contributed by atoms with Crippen molar-refractivity contribution in [1.29, 1.82) is 0 Å². The van der Waals surface area contributed by atoms with Crippen molar-refractivity contribution in [2.45, 2.75) is 4.90 Å². The lowest BCUT2D eigenvalue weighted by molar-refractivity contribution is -0.387. The molecule has 7 nitrogen and oxygen atoms in total. The Kier molecular flexibility index (Phi) is 4.57. The number of benzene rings is 1. The Morgan fingerprint density at radius 1 is 1.47 bits per heavy atom. The molecule has 0 aliphatic rings. The number of nitro groups is 1. The summed E-state index contributed by atoms with van der Waals surface area (Å²) in [6.45, 7) is 0.132. The first-order valence-corrected chi connectivity index (χ1v) is 6.80. The lowest BCUT2D eigenvalue weighted by atomic mass is 10.3. The van der Waals surface area contributed by atoms with Crippen LogP contribution in [-0.2, 0) is 10.0 Å². The zero-order valence-corrected chi connectivity index (χ0v) is 11.0. The number of hydrogen-bond donors (Lipinski definition) is 2. The van der Waals surface area contributed by atoms with Crippen molar-refractivity contribution in [1.82, 2.24) is 4.72 Å². The zero-order chi connectivity index (χ0) is 13.1. The van der Waals surface area contributed by atoms with Gasteiger partial charge in [0.1, 0.15) is 0 Å². The predicted octanol–water partition coefficient (Wildman–Crippen LogP) is 0.594. The minimum absolute atomic E-state index is 0.0198. The summed E-state index contributed by atoms with van der Waals surface area (Å²) in [5.74, 6) is 0. The number of hydrogen-bond acceptors (Lipinski definition) is 5. The summed E-state index contributed by atoms with van der Waals surface area (Å²) >= 11 is 3.07. The van der Waals surface area contributed by atoms with E-state index in [0.717, 1.165) is 6.07 Å². The summed E-state index contributed by atoms with van der Waals surface area (Å²) in [7, 11) is -3.92. The quantitative estimate of drug-likeness (QED) is 0.608. The number of nitrogens with two attached hydrogens (primary N) is 1. The van der Waals surface area contributed by atoms with Gasteiger partial charge in [0.25, 0.3) is 5.69 Å². The summed E-state index contributed by atoms with van der Waals surface area (Å²) < 4.78 is 26.2. The Morgan fingerprint density at radius 3 is 2.65 bits per heavy atom. The molecule has 0 saturated heterocycles. The Morgan fingerprint density at radius 2 is 2.12 bits per heavy atom. The van der Waals surface area contributed by atoms with Gasteiger partial charge < -0.3 is 5.73 Å². The van der Waals surface area contributed by atoms with Crippen LogP contribution in [0.25, 0.3) is 0 Å². The maximum absolute atomic E-state index is 11.8. The highest BCUT2D eigenvalue weighted by Crippen LogP contribution is 2.26. The van der Waals surface area contributed by atoms with Crippen LogP contribution in [0.2, 0.25) is 0 Å². The van der Waals surface area contributed by atoms with E-state index in [0.29, 0.717) is 4.47 Å². The van der Waals surface area contributed by atoms with Crippen molar-refractivity contribution in [3.63, 3.8) is 0 Å². The van der Waals surface area contributed by atoms with Crippen molar-refractivity contribution >= 4 is 31.6 Å². The summed E-state index contributed by atoms with van der Waals surface area (Å²) in [6, 6.07) is 3.71. The molecular weight excluding hydrogens is 314 g/mol. The van der Waals surface area contributed by atoms with Gasteiger partial charge in [-0.25, -0.2) is 13.1 Å². The highest BCUT2D eigenvalue weighted by molar-refractivity contribution is 9.10. The molecule has 0 heterocycles. The first-order valence-electron chi connectivity index (χ1n) is 4.52. The van der Waals surface area contributed by atoms with Crippen LogP contribution in [0.4, 0.5) is 5.69 Å². The molecule has 0 aliphatic carbocycles. The van der Waals surface area contributed by atoms with Crippen LogP contribution in [0.15, 0.2) is 27.6 Å². The molecule has 1 aromatic rings. The van der Waals surface area contributed by atoms with Crippen LogP contribution in [0.1, 0.15) is 0 Å². The molecule has 0 unspecified atom stereocenters.